The maximum atomic E-state index is 12.2. The average Bonchev–Trinajstić information content (AvgIpc) is 2.85. The number of hydrogen-bond donors (Lipinski definition) is 1. The first kappa shape index (κ1) is 11.6. The molecule has 0 aliphatic heterocycles. The van der Waals surface area contributed by atoms with Gasteiger partial charge in [0.25, 0.3) is 0 Å². The van der Waals surface area contributed by atoms with Crippen LogP contribution in [-0.2, 0) is 6.18 Å². The lowest BCUT2D eigenvalue weighted by Crippen LogP contribution is -2.01. The molecule has 4 nitrogen and oxygen atoms in total. The molecule has 0 spiro atoms. The average molecular weight is 263 g/mol. The van der Waals surface area contributed by atoms with Crippen molar-refractivity contribution in [3.05, 3.63) is 28.8 Å². The topological polar surface area (TPSA) is 63.3 Å². The third kappa shape index (κ3) is 2.31. The molecule has 8 heteroatoms. The van der Waals surface area contributed by atoms with E-state index in [4.69, 9.17) is 5.11 Å². The van der Waals surface area contributed by atoms with Crippen LogP contribution in [0.3, 0.4) is 0 Å². The van der Waals surface area contributed by atoms with Crippen molar-refractivity contribution in [2.24, 2.45) is 0 Å². The molecule has 0 saturated heterocycles. The molecule has 2 aromatic rings. The molecule has 0 aromatic carbocycles. The molecular weight excluding hydrogens is 259 g/mol. The fourth-order valence-corrected chi connectivity index (χ4v) is 1.91. The molecule has 0 amide bonds. The van der Waals surface area contributed by atoms with Gasteiger partial charge in [0, 0.05) is 6.07 Å². The van der Waals surface area contributed by atoms with Crippen molar-refractivity contribution in [1.29, 1.82) is 0 Å². The third-order valence-electron chi connectivity index (χ3n) is 1.86. The fourth-order valence-electron chi connectivity index (χ4n) is 1.12. The largest absolute Gasteiger partial charge is 0.477 e. The van der Waals surface area contributed by atoms with Crippen LogP contribution in [0.2, 0.25) is 0 Å². The zero-order valence-electron chi connectivity index (χ0n) is 7.99. The highest BCUT2D eigenvalue weighted by molar-refractivity contribution is 7.17. The van der Waals surface area contributed by atoms with Gasteiger partial charge >= 0.3 is 12.1 Å². The van der Waals surface area contributed by atoms with Gasteiger partial charge < -0.3 is 9.63 Å². The first-order chi connectivity index (χ1) is 7.88. The van der Waals surface area contributed by atoms with Gasteiger partial charge in [-0.15, -0.1) is 11.3 Å². The summed E-state index contributed by atoms with van der Waals surface area (Å²) in [6, 6.07) is 3.41. The lowest BCUT2D eigenvalue weighted by Gasteiger charge is -1.97. The van der Waals surface area contributed by atoms with Crippen molar-refractivity contribution >= 4 is 17.3 Å². The Kier molecular flexibility index (Phi) is 2.66. The van der Waals surface area contributed by atoms with E-state index in [0.717, 1.165) is 17.4 Å². The van der Waals surface area contributed by atoms with Gasteiger partial charge in [0.15, 0.2) is 0 Å². The Morgan fingerprint density at radius 3 is 2.59 bits per heavy atom. The second-order valence-corrected chi connectivity index (χ2v) is 4.13. The highest BCUT2D eigenvalue weighted by Crippen LogP contribution is 2.34. The predicted molar refractivity (Wildman–Crippen MR) is 51.8 cm³/mol. The van der Waals surface area contributed by atoms with E-state index in [2.05, 4.69) is 9.68 Å². The van der Waals surface area contributed by atoms with E-state index in [1.54, 1.807) is 0 Å². The number of aromatic nitrogens is 1. The molecule has 0 fully saturated rings. The number of carbonyl (C=O) groups is 1. The van der Waals surface area contributed by atoms with Gasteiger partial charge in [-0.2, -0.15) is 13.2 Å². The van der Waals surface area contributed by atoms with Crippen LogP contribution < -0.4 is 0 Å². The second kappa shape index (κ2) is 3.88. The molecule has 0 bridgehead atoms. The molecule has 0 saturated carbocycles. The Bertz CT molecular complexity index is 558. The first-order valence-electron chi connectivity index (χ1n) is 4.25. The van der Waals surface area contributed by atoms with E-state index >= 15 is 0 Å². The summed E-state index contributed by atoms with van der Waals surface area (Å²) in [5.41, 5.74) is -0.0326. The van der Waals surface area contributed by atoms with E-state index in [1.807, 2.05) is 0 Å². The van der Waals surface area contributed by atoms with Crippen LogP contribution >= 0.6 is 11.3 Å². The molecule has 1 N–H and O–H groups in total. The van der Waals surface area contributed by atoms with Gasteiger partial charge in [0.05, 0.1) is 4.88 Å². The van der Waals surface area contributed by atoms with E-state index in [-0.39, 0.29) is 10.6 Å². The zero-order chi connectivity index (χ0) is 12.6. The number of aromatic carboxylic acids is 1. The Morgan fingerprint density at radius 2 is 2.12 bits per heavy atom. The van der Waals surface area contributed by atoms with Gasteiger partial charge in [0.1, 0.15) is 10.6 Å². The van der Waals surface area contributed by atoms with Crippen molar-refractivity contribution in [3.8, 4) is 10.6 Å². The molecular formula is C9H4F3NO3S. The van der Waals surface area contributed by atoms with Crippen molar-refractivity contribution < 1.29 is 27.6 Å². The lowest BCUT2D eigenvalue weighted by molar-refractivity contribution is -0.155. The van der Waals surface area contributed by atoms with Gasteiger partial charge in [-0.3, -0.25) is 0 Å². The molecule has 2 rings (SSSR count). The summed E-state index contributed by atoms with van der Waals surface area (Å²) in [7, 11) is 0. The Hall–Kier alpha value is -1.83. The quantitative estimate of drug-likeness (QED) is 0.904. The zero-order valence-corrected chi connectivity index (χ0v) is 8.80. The minimum Gasteiger partial charge on any atom is -0.477 e. The number of carboxylic acid groups (broad SMARTS) is 1. The minimum atomic E-state index is -4.60. The van der Waals surface area contributed by atoms with Crippen LogP contribution in [0.4, 0.5) is 13.2 Å². The smallest absolute Gasteiger partial charge is 0.452 e. The maximum absolute atomic E-state index is 12.2. The third-order valence-corrected chi connectivity index (χ3v) is 2.95. The second-order valence-electron chi connectivity index (χ2n) is 3.04. The number of halogens is 3. The van der Waals surface area contributed by atoms with E-state index < -0.39 is 17.9 Å². The number of hydrogen-bond acceptors (Lipinski definition) is 4. The Labute approximate surface area is 96.3 Å². The SMILES string of the molecule is O=C(O)c1ccc(-c2cc(C(F)(F)F)on2)s1. The summed E-state index contributed by atoms with van der Waals surface area (Å²) in [6.07, 6.45) is -4.60. The van der Waals surface area contributed by atoms with Crippen molar-refractivity contribution in [1.82, 2.24) is 5.16 Å². The van der Waals surface area contributed by atoms with Crippen LogP contribution in [-0.4, -0.2) is 16.2 Å². The molecule has 0 unspecified atom stereocenters. The molecule has 0 aliphatic rings. The first-order valence-corrected chi connectivity index (χ1v) is 5.07. The van der Waals surface area contributed by atoms with Gasteiger partial charge in [0.2, 0.25) is 5.76 Å². The standard InChI is InChI=1S/C9H4F3NO3S/c10-9(11,12)7-3-4(13-16-7)5-1-2-6(17-5)8(14)15/h1-3H,(H,14,15). The Balaban J connectivity index is 2.34. The summed E-state index contributed by atoms with van der Waals surface area (Å²) in [5, 5.41) is 11.9. The van der Waals surface area contributed by atoms with Crippen LogP contribution in [0.15, 0.2) is 22.7 Å². The maximum Gasteiger partial charge on any atom is 0.452 e. The number of carboxylic acids is 1. The molecule has 0 atom stereocenters. The number of rotatable bonds is 2. The van der Waals surface area contributed by atoms with Crippen molar-refractivity contribution in [3.63, 3.8) is 0 Å². The molecule has 0 aliphatic carbocycles. The summed E-state index contributed by atoms with van der Waals surface area (Å²) >= 11 is 0.829. The number of alkyl halides is 3. The van der Waals surface area contributed by atoms with Crippen molar-refractivity contribution in [2.75, 3.05) is 0 Å². The predicted octanol–water partition coefficient (Wildman–Crippen LogP) is 3.12. The molecule has 17 heavy (non-hydrogen) atoms. The van der Waals surface area contributed by atoms with E-state index in [0.29, 0.717) is 4.88 Å². The number of thiophene rings is 1. The molecule has 0 radical (unpaired) electrons. The van der Waals surface area contributed by atoms with Gasteiger partial charge in [-0.25, -0.2) is 4.79 Å². The summed E-state index contributed by atoms with van der Waals surface area (Å²) in [6.45, 7) is 0. The fraction of sp³-hybridized carbons (Fsp3) is 0.111. The number of nitrogens with zero attached hydrogens (tertiary/aromatic N) is 1. The normalized spacial score (nSPS) is 11.7. The van der Waals surface area contributed by atoms with Crippen LogP contribution in [0, 0.1) is 0 Å². The van der Waals surface area contributed by atoms with Gasteiger partial charge in [-0.05, 0) is 12.1 Å². The monoisotopic (exact) mass is 263 g/mol. The molecule has 2 aromatic heterocycles. The van der Waals surface area contributed by atoms with E-state index in [9.17, 15) is 18.0 Å². The van der Waals surface area contributed by atoms with E-state index in [1.165, 1.54) is 12.1 Å². The lowest BCUT2D eigenvalue weighted by atomic mass is 10.3. The molecule has 90 valence electrons. The summed E-state index contributed by atoms with van der Waals surface area (Å²) < 4.78 is 40.8. The highest BCUT2D eigenvalue weighted by Gasteiger charge is 2.36. The Morgan fingerprint density at radius 1 is 1.41 bits per heavy atom. The molecule has 2 heterocycles. The van der Waals surface area contributed by atoms with Crippen LogP contribution in [0.1, 0.15) is 15.4 Å². The van der Waals surface area contributed by atoms with Gasteiger partial charge in [-0.1, -0.05) is 5.16 Å². The minimum absolute atomic E-state index is 0.0246. The van der Waals surface area contributed by atoms with Crippen LogP contribution in [0.5, 0.6) is 0 Å². The van der Waals surface area contributed by atoms with Crippen molar-refractivity contribution in [2.45, 2.75) is 6.18 Å². The summed E-state index contributed by atoms with van der Waals surface area (Å²) in [5.74, 6) is -2.35. The highest BCUT2D eigenvalue weighted by atomic mass is 32.1. The van der Waals surface area contributed by atoms with Crippen LogP contribution in [0.25, 0.3) is 10.6 Å². The summed E-state index contributed by atoms with van der Waals surface area (Å²) in [4.78, 5) is 10.9.